The number of rotatable bonds is 2. The van der Waals surface area contributed by atoms with Crippen LogP contribution in [0.15, 0.2) is 0 Å². The van der Waals surface area contributed by atoms with Crippen LogP contribution in [-0.2, 0) is 9.47 Å². The van der Waals surface area contributed by atoms with E-state index in [0.717, 1.165) is 0 Å². The van der Waals surface area contributed by atoms with Crippen LogP contribution in [0.1, 0.15) is 13.8 Å². The second kappa shape index (κ2) is 3.36. The third-order valence-corrected chi connectivity index (χ3v) is 2.77. The molecule has 1 heterocycles. The summed E-state index contributed by atoms with van der Waals surface area (Å²) < 4.78 is 10.6. The zero-order valence-corrected chi connectivity index (χ0v) is 7.78. The average molecular weight is 170 g/mol. The van der Waals surface area contributed by atoms with E-state index in [4.69, 9.17) is 22.4 Å². The van der Waals surface area contributed by atoms with Crippen molar-refractivity contribution < 1.29 is 14.6 Å². The zero-order chi connectivity index (χ0) is 9.35. The van der Waals surface area contributed by atoms with Gasteiger partial charge >= 0.3 is 0 Å². The first-order chi connectivity index (χ1) is 5.55. The smallest absolute Gasteiger partial charge is 0.112 e. The van der Waals surface area contributed by atoms with E-state index in [1.54, 1.807) is 7.11 Å². The minimum absolute atomic E-state index is 0.0261. The third kappa shape index (κ3) is 1.39. The van der Waals surface area contributed by atoms with Gasteiger partial charge in [-0.25, -0.2) is 0 Å². The highest BCUT2D eigenvalue weighted by Gasteiger charge is 2.47. The predicted molar refractivity (Wildman–Crippen MR) is 46.1 cm³/mol. The van der Waals surface area contributed by atoms with Gasteiger partial charge < -0.3 is 14.6 Å². The molecule has 1 N–H and O–H groups in total. The van der Waals surface area contributed by atoms with Crippen LogP contribution in [-0.4, -0.2) is 44.4 Å². The molecule has 4 heteroatoms. The molecule has 3 nitrogen and oxygen atoms in total. The first-order valence-corrected chi connectivity index (χ1v) is 4.12. The van der Waals surface area contributed by atoms with E-state index in [1.807, 2.05) is 13.8 Å². The van der Waals surface area contributed by atoms with Crippen molar-refractivity contribution in [3.8, 4) is 0 Å². The van der Waals surface area contributed by atoms with Gasteiger partial charge in [-0.15, -0.1) is 0 Å². The van der Waals surface area contributed by atoms with E-state index in [-0.39, 0.29) is 18.6 Å². The summed E-state index contributed by atoms with van der Waals surface area (Å²) in [7, 11) is 7.28. The molecule has 4 atom stereocenters. The Morgan fingerprint density at radius 1 is 1.67 bits per heavy atom. The SMILES string of the molecule is [B][C@@H]1O[C@](C)(CO)C(C)[C@@H]1OC. The predicted octanol–water partition coefficient (Wildman–Crippen LogP) is -0.0867. The molecule has 0 aromatic rings. The van der Waals surface area contributed by atoms with Gasteiger partial charge in [0.1, 0.15) is 7.85 Å². The van der Waals surface area contributed by atoms with E-state index >= 15 is 0 Å². The molecule has 12 heavy (non-hydrogen) atoms. The first kappa shape index (κ1) is 10.0. The lowest BCUT2D eigenvalue weighted by Crippen LogP contribution is -2.37. The topological polar surface area (TPSA) is 38.7 Å². The molecular weight excluding hydrogens is 155 g/mol. The van der Waals surface area contributed by atoms with Gasteiger partial charge in [0, 0.05) is 19.0 Å². The van der Waals surface area contributed by atoms with Gasteiger partial charge in [-0.05, 0) is 6.92 Å². The molecule has 1 aliphatic rings. The molecule has 1 saturated heterocycles. The maximum absolute atomic E-state index is 9.09. The summed E-state index contributed by atoms with van der Waals surface area (Å²) in [6.07, 6.45) is -0.123. The fourth-order valence-corrected chi connectivity index (χ4v) is 1.64. The van der Waals surface area contributed by atoms with Crippen molar-refractivity contribution in [1.29, 1.82) is 0 Å². The van der Waals surface area contributed by atoms with Gasteiger partial charge in [-0.2, -0.15) is 0 Å². The van der Waals surface area contributed by atoms with Crippen LogP contribution < -0.4 is 0 Å². The fraction of sp³-hybridized carbons (Fsp3) is 1.00. The molecule has 0 spiro atoms. The number of aliphatic hydroxyl groups excluding tert-OH is 1. The average Bonchev–Trinajstić information content (AvgIpc) is 2.25. The Labute approximate surface area is 74.5 Å². The van der Waals surface area contributed by atoms with Gasteiger partial charge in [-0.3, -0.25) is 0 Å². The summed E-state index contributed by atoms with van der Waals surface area (Å²) in [6.45, 7) is 3.79. The first-order valence-electron chi connectivity index (χ1n) is 4.12. The van der Waals surface area contributed by atoms with Crippen molar-refractivity contribution in [2.24, 2.45) is 5.92 Å². The number of methoxy groups -OCH3 is 1. The monoisotopic (exact) mass is 170 g/mol. The number of ether oxygens (including phenoxy) is 2. The van der Waals surface area contributed by atoms with Gasteiger partial charge in [0.05, 0.1) is 18.3 Å². The van der Waals surface area contributed by atoms with E-state index in [9.17, 15) is 0 Å². The molecule has 0 amide bonds. The van der Waals surface area contributed by atoms with Crippen LogP contribution in [0, 0.1) is 5.92 Å². The van der Waals surface area contributed by atoms with Crippen molar-refractivity contribution in [2.75, 3.05) is 13.7 Å². The quantitative estimate of drug-likeness (QED) is 0.588. The number of aliphatic hydroxyl groups is 1. The second-order valence-electron chi connectivity index (χ2n) is 3.54. The lowest BCUT2D eigenvalue weighted by Gasteiger charge is -2.26. The Bertz CT molecular complexity index is 164. The highest BCUT2D eigenvalue weighted by Crippen LogP contribution is 2.35. The summed E-state index contributed by atoms with van der Waals surface area (Å²) in [5.41, 5.74) is -0.555. The molecule has 0 bridgehead atoms. The molecule has 1 unspecified atom stereocenters. The Hall–Kier alpha value is -0.0551. The lowest BCUT2D eigenvalue weighted by atomic mass is 9.84. The molecular formula is C8H15BO3. The minimum Gasteiger partial charge on any atom is -0.393 e. The maximum atomic E-state index is 9.09. The second-order valence-corrected chi connectivity index (χ2v) is 3.54. The van der Waals surface area contributed by atoms with E-state index in [1.165, 1.54) is 0 Å². The van der Waals surface area contributed by atoms with Crippen LogP contribution >= 0.6 is 0 Å². The fourth-order valence-electron chi connectivity index (χ4n) is 1.64. The van der Waals surface area contributed by atoms with Gasteiger partial charge in [0.25, 0.3) is 0 Å². The van der Waals surface area contributed by atoms with E-state index in [0.29, 0.717) is 0 Å². The summed E-state index contributed by atoms with van der Waals surface area (Å²) in [6, 6.07) is -0.429. The van der Waals surface area contributed by atoms with E-state index < -0.39 is 11.6 Å². The molecule has 1 aliphatic heterocycles. The summed E-state index contributed by atoms with van der Waals surface area (Å²) >= 11 is 0. The van der Waals surface area contributed by atoms with Crippen molar-refractivity contribution in [1.82, 2.24) is 0 Å². The van der Waals surface area contributed by atoms with Crippen molar-refractivity contribution in [2.45, 2.75) is 31.6 Å². The molecule has 68 valence electrons. The highest BCUT2D eigenvalue weighted by molar-refractivity contribution is 6.11. The molecule has 1 fully saturated rings. The largest absolute Gasteiger partial charge is 0.393 e. The Morgan fingerprint density at radius 3 is 2.50 bits per heavy atom. The van der Waals surface area contributed by atoms with Crippen LogP contribution in [0.3, 0.4) is 0 Å². The Balaban J connectivity index is 2.74. The Morgan fingerprint density at radius 2 is 2.25 bits per heavy atom. The summed E-state index contributed by atoms with van der Waals surface area (Å²) in [5, 5.41) is 9.09. The zero-order valence-electron chi connectivity index (χ0n) is 7.78. The van der Waals surface area contributed by atoms with E-state index in [2.05, 4.69) is 0 Å². The standard InChI is InChI=1S/C8H15BO3/c1-5-6(11-3)7(9)12-8(5,2)4-10/h5-7,10H,4H2,1-3H3/t5?,6-,7+,8+/m0/s1. The summed E-state index contributed by atoms with van der Waals surface area (Å²) in [4.78, 5) is 0. The van der Waals surface area contributed by atoms with Crippen molar-refractivity contribution in [3.63, 3.8) is 0 Å². The highest BCUT2D eigenvalue weighted by atomic mass is 16.6. The molecule has 0 aromatic carbocycles. The molecule has 0 saturated carbocycles. The van der Waals surface area contributed by atoms with Crippen LogP contribution in [0.25, 0.3) is 0 Å². The molecule has 0 aromatic heterocycles. The summed E-state index contributed by atoms with van der Waals surface area (Å²) in [5.74, 6) is 0.113. The lowest BCUT2D eigenvalue weighted by molar-refractivity contribution is -0.0547. The number of hydrogen-bond donors (Lipinski definition) is 1. The Kier molecular flexibility index (Phi) is 2.81. The van der Waals surface area contributed by atoms with Gasteiger partial charge in [0.15, 0.2) is 0 Å². The van der Waals surface area contributed by atoms with Crippen LogP contribution in [0.2, 0.25) is 0 Å². The maximum Gasteiger partial charge on any atom is 0.112 e. The molecule has 0 aliphatic carbocycles. The van der Waals surface area contributed by atoms with Crippen LogP contribution in [0.5, 0.6) is 0 Å². The molecule has 1 rings (SSSR count). The number of hydrogen-bond acceptors (Lipinski definition) is 3. The minimum atomic E-state index is -0.555. The van der Waals surface area contributed by atoms with Crippen LogP contribution in [0.4, 0.5) is 0 Å². The van der Waals surface area contributed by atoms with Crippen molar-refractivity contribution in [3.05, 3.63) is 0 Å². The third-order valence-electron chi connectivity index (χ3n) is 2.77. The van der Waals surface area contributed by atoms with Crippen molar-refractivity contribution >= 4 is 7.85 Å². The van der Waals surface area contributed by atoms with Gasteiger partial charge in [-0.1, -0.05) is 6.92 Å². The van der Waals surface area contributed by atoms with Gasteiger partial charge in [0.2, 0.25) is 0 Å². The normalized spacial score (nSPS) is 48.2. The molecule has 2 radical (unpaired) electrons.